The summed E-state index contributed by atoms with van der Waals surface area (Å²) in [5, 5.41) is 8.68. The normalized spacial score (nSPS) is 9.00. The van der Waals surface area contributed by atoms with Gasteiger partial charge < -0.3 is 10.5 Å². The number of pyridine rings is 1. The molecule has 0 aliphatic carbocycles. The number of aromatic nitrogens is 1. The number of nitrogens with two attached hydrogens (primary N) is 1. The molecule has 0 fully saturated rings. The summed E-state index contributed by atoms with van der Waals surface area (Å²) in [6.45, 7) is 2.36. The smallest absolute Gasteiger partial charge is 0.145 e. The van der Waals surface area contributed by atoms with Crippen molar-refractivity contribution in [2.24, 2.45) is 0 Å². The minimum absolute atomic E-state index is 0.212. The van der Waals surface area contributed by atoms with Crippen molar-refractivity contribution in [3.8, 4) is 11.8 Å². The van der Waals surface area contributed by atoms with Crippen molar-refractivity contribution in [2.45, 2.75) is 6.92 Å². The van der Waals surface area contributed by atoms with Crippen molar-refractivity contribution in [1.82, 2.24) is 4.98 Å². The quantitative estimate of drug-likeness (QED) is 0.704. The van der Waals surface area contributed by atoms with Gasteiger partial charge in [0.15, 0.2) is 0 Å². The number of hydrogen-bond acceptors (Lipinski definition) is 4. The van der Waals surface area contributed by atoms with E-state index in [4.69, 9.17) is 15.7 Å². The molecular formula is C8H9N3O. The maximum absolute atomic E-state index is 8.68. The van der Waals surface area contributed by atoms with Crippen LogP contribution in [0.1, 0.15) is 12.5 Å². The molecule has 0 saturated heterocycles. The first-order valence-electron chi connectivity index (χ1n) is 3.57. The maximum Gasteiger partial charge on any atom is 0.145 e. The van der Waals surface area contributed by atoms with E-state index in [9.17, 15) is 0 Å². The SMILES string of the molecule is CCOc1ccnc(N)c1C#N. The molecule has 2 N–H and O–H groups in total. The molecule has 0 atom stereocenters. The minimum atomic E-state index is 0.212. The largest absolute Gasteiger partial charge is 0.492 e. The van der Waals surface area contributed by atoms with Crippen LogP contribution in [0.3, 0.4) is 0 Å². The van der Waals surface area contributed by atoms with Gasteiger partial charge in [0, 0.05) is 12.3 Å². The molecule has 0 aliphatic heterocycles. The Morgan fingerprint density at radius 2 is 2.50 bits per heavy atom. The van der Waals surface area contributed by atoms with Gasteiger partial charge in [-0.3, -0.25) is 0 Å². The van der Waals surface area contributed by atoms with Crippen molar-refractivity contribution < 1.29 is 4.74 Å². The summed E-state index contributed by atoms with van der Waals surface area (Å²) >= 11 is 0. The fourth-order valence-corrected chi connectivity index (χ4v) is 0.848. The number of nitriles is 1. The van der Waals surface area contributed by atoms with E-state index in [0.717, 1.165) is 0 Å². The molecule has 0 spiro atoms. The first-order valence-corrected chi connectivity index (χ1v) is 3.57. The van der Waals surface area contributed by atoms with Gasteiger partial charge in [0.05, 0.1) is 6.61 Å². The highest BCUT2D eigenvalue weighted by Crippen LogP contribution is 2.20. The predicted octanol–water partition coefficient (Wildman–Crippen LogP) is 0.934. The molecular weight excluding hydrogens is 154 g/mol. The summed E-state index contributed by atoms with van der Waals surface area (Å²) in [5.41, 5.74) is 5.75. The molecule has 1 aromatic rings. The molecule has 1 heterocycles. The Labute approximate surface area is 70.6 Å². The number of anilines is 1. The summed E-state index contributed by atoms with van der Waals surface area (Å²) in [5.74, 6) is 0.705. The van der Waals surface area contributed by atoms with E-state index in [1.54, 1.807) is 6.07 Å². The van der Waals surface area contributed by atoms with Crippen molar-refractivity contribution in [3.05, 3.63) is 17.8 Å². The molecule has 0 radical (unpaired) electrons. The number of ether oxygens (including phenoxy) is 1. The average molecular weight is 163 g/mol. The van der Waals surface area contributed by atoms with Crippen molar-refractivity contribution in [1.29, 1.82) is 5.26 Å². The molecule has 0 aromatic carbocycles. The van der Waals surface area contributed by atoms with E-state index in [1.165, 1.54) is 6.20 Å². The fraction of sp³-hybridized carbons (Fsp3) is 0.250. The van der Waals surface area contributed by atoms with Crippen LogP contribution in [0.2, 0.25) is 0 Å². The van der Waals surface area contributed by atoms with Gasteiger partial charge in [-0.2, -0.15) is 5.26 Å². The van der Waals surface area contributed by atoms with Crippen LogP contribution >= 0.6 is 0 Å². The zero-order valence-corrected chi connectivity index (χ0v) is 6.74. The van der Waals surface area contributed by atoms with Gasteiger partial charge in [-0.25, -0.2) is 4.98 Å². The highest BCUT2D eigenvalue weighted by atomic mass is 16.5. The molecule has 0 saturated carbocycles. The molecule has 1 aromatic heterocycles. The zero-order valence-electron chi connectivity index (χ0n) is 6.74. The Kier molecular flexibility index (Phi) is 2.49. The Balaban J connectivity index is 3.11. The van der Waals surface area contributed by atoms with Crippen molar-refractivity contribution in [2.75, 3.05) is 12.3 Å². The summed E-state index contributed by atoms with van der Waals surface area (Å²) in [6.07, 6.45) is 1.52. The summed E-state index contributed by atoms with van der Waals surface area (Å²) in [6, 6.07) is 3.56. The number of hydrogen-bond donors (Lipinski definition) is 1. The first-order chi connectivity index (χ1) is 5.79. The van der Waals surface area contributed by atoms with E-state index >= 15 is 0 Å². The van der Waals surface area contributed by atoms with Crippen LogP contribution in [0.15, 0.2) is 12.3 Å². The summed E-state index contributed by atoms with van der Waals surface area (Å²) in [7, 11) is 0. The van der Waals surface area contributed by atoms with Crippen LogP contribution in [0.5, 0.6) is 5.75 Å². The molecule has 0 aliphatic rings. The standard InChI is InChI=1S/C8H9N3O/c1-2-12-7-3-4-11-8(10)6(7)5-9/h3-4H,2H2,1H3,(H2,10,11). The van der Waals surface area contributed by atoms with Gasteiger partial charge in [-0.05, 0) is 6.92 Å². The molecule has 4 nitrogen and oxygen atoms in total. The Morgan fingerprint density at radius 1 is 1.75 bits per heavy atom. The lowest BCUT2D eigenvalue weighted by Gasteiger charge is -2.04. The van der Waals surface area contributed by atoms with Crippen molar-refractivity contribution >= 4 is 5.82 Å². The monoisotopic (exact) mass is 163 g/mol. The van der Waals surface area contributed by atoms with Crippen LogP contribution in [0.4, 0.5) is 5.82 Å². The second-order valence-electron chi connectivity index (χ2n) is 2.11. The Bertz CT molecular complexity index is 317. The number of nitrogen functional groups attached to an aromatic ring is 1. The predicted molar refractivity (Wildman–Crippen MR) is 44.5 cm³/mol. The van der Waals surface area contributed by atoms with Gasteiger partial charge >= 0.3 is 0 Å². The van der Waals surface area contributed by atoms with Crippen LogP contribution in [0, 0.1) is 11.3 Å². The average Bonchev–Trinajstić information content (AvgIpc) is 2.05. The third kappa shape index (κ3) is 1.45. The molecule has 0 amide bonds. The second kappa shape index (κ2) is 3.58. The molecule has 0 unspecified atom stereocenters. The number of rotatable bonds is 2. The van der Waals surface area contributed by atoms with E-state index in [1.807, 2.05) is 13.0 Å². The number of nitrogens with zero attached hydrogens (tertiary/aromatic N) is 2. The topological polar surface area (TPSA) is 71.9 Å². The van der Waals surface area contributed by atoms with E-state index in [2.05, 4.69) is 4.98 Å². The van der Waals surface area contributed by atoms with Crippen LogP contribution in [-0.4, -0.2) is 11.6 Å². The fourth-order valence-electron chi connectivity index (χ4n) is 0.848. The Hall–Kier alpha value is -1.76. The zero-order chi connectivity index (χ0) is 8.97. The lowest BCUT2D eigenvalue weighted by atomic mass is 10.2. The lowest BCUT2D eigenvalue weighted by Crippen LogP contribution is -1.99. The van der Waals surface area contributed by atoms with Crippen LogP contribution < -0.4 is 10.5 Å². The van der Waals surface area contributed by atoms with E-state index < -0.39 is 0 Å². The summed E-state index contributed by atoms with van der Waals surface area (Å²) < 4.78 is 5.17. The highest BCUT2D eigenvalue weighted by Gasteiger charge is 2.06. The van der Waals surface area contributed by atoms with Gasteiger partial charge in [-0.1, -0.05) is 0 Å². The molecule has 62 valence electrons. The second-order valence-corrected chi connectivity index (χ2v) is 2.11. The molecule has 4 heteroatoms. The van der Waals surface area contributed by atoms with Crippen LogP contribution in [0.25, 0.3) is 0 Å². The lowest BCUT2D eigenvalue weighted by molar-refractivity contribution is 0.339. The van der Waals surface area contributed by atoms with Crippen LogP contribution in [-0.2, 0) is 0 Å². The molecule has 12 heavy (non-hydrogen) atoms. The molecule has 0 bridgehead atoms. The third-order valence-corrected chi connectivity index (χ3v) is 1.35. The van der Waals surface area contributed by atoms with Gasteiger partial charge in [0.2, 0.25) is 0 Å². The van der Waals surface area contributed by atoms with Gasteiger partial charge in [-0.15, -0.1) is 0 Å². The third-order valence-electron chi connectivity index (χ3n) is 1.35. The van der Waals surface area contributed by atoms with E-state index in [-0.39, 0.29) is 5.82 Å². The minimum Gasteiger partial charge on any atom is -0.492 e. The van der Waals surface area contributed by atoms with Gasteiger partial charge in [0.1, 0.15) is 23.2 Å². The summed E-state index contributed by atoms with van der Waals surface area (Å²) in [4.78, 5) is 3.77. The van der Waals surface area contributed by atoms with Crippen molar-refractivity contribution in [3.63, 3.8) is 0 Å². The maximum atomic E-state index is 8.68. The van der Waals surface area contributed by atoms with E-state index in [0.29, 0.717) is 17.9 Å². The highest BCUT2D eigenvalue weighted by molar-refractivity contribution is 5.56. The first kappa shape index (κ1) is 8.34. The van der Waals surface area contributed by atoms with Gasteiger partial charge in [0.25, 0.3) is 0 Å². The Morgan fingerprint density at radius 3 is 3.08 bits per heavy atom. The molecule has 1 rings (SSSR count).